The maximum atomic E-state index is 13.5. The summed E-state index contributed by atoms with van der Waals surface area (Å²) in [4.78, 5) is 32.1. The minimum atomic E-state index is -0.400. The Labute approximate surface area is 182 Å². The highest BCUT2D eigenvalue weighted by atomic mass is 19.1. The number of hydrogen-bond donors (Lipinski definition) is 0. The Bertz CT molecular complexity index is 785. The smallest absolute Gasteiger partial charge is 0.277 e. The molecule has 0 saturated carbocycles. The van der Waals surface area contributed by atoms with Gasteiger partial charge in [0.1, 0.15) is 11.5 Å². The largest absolute Gasteiger partial charge is 0.383 e. The Balaban J connectivity index is 1.90. The quantitative estimate of drug-likeness (QED) is 0.477. The van der Waals surface area contributed by atoms with Gasteiger partial charge in [-0.3, -0.25) is 19.4 Å². The third-order valence-corrected chi connectivity index (χ3v) is 5.47. The maximum Gasteiger partial charge on any atom is 0.277 e. The molecule has 0 bridgehead atoms. The van der Waals surface area contributed by atoms with Gasteiger partial charge in [-0.15, -0.1) is 0 Å². The molecule has 0 unspecified atom stereocenters. The Morgan fingerprint density at radius 3 is 2.16 bits per heavy atom. The van der Waals surface area contributed by atoms with Crippen LogP contribution >= 0.6 is 0 Å². The lowest BCUT2D eigenvalue weighted by molar-refractivity contribution is -0.138. The molecule has 2 amide bonds. The van der Waals surface area contributed by atoms with Crippen LogP contribution in [-0.2, 0) is 23.8 Å². The Hall–Kier alpha value is -2.33. The normalized spacial score (nSPS) is 17.7. The minimum Gasteiger partial charge on any atom is -0.383 e. The first-order valence-corrected chi connectivity index (χ1v) is 10.5. The van der Waals surface area contributed by atoms with E-state index in [1.807, 2.05) is 4.90 Å². The first-order chi connectivity index (χ1) is 15.1. The van der Waals surface area contributed by atoms with E-state index in [4.69, 9.17) is 14.2 Å². The monoisotopic (exact) mass is 435 g/mol. The standard InChI is InChI=1S/C22H30FN3O5/c1-29-13-11-25(12-14-30-2)20-19(17-3-5-18(23)6-4-17)21(27)26(22(20)28)8-7-24-9-15-31-16-10-24/h3-6H,7-16H2,1-2H3. The molecule has 31 heavy (non-hydrogen) atoms. The molecule has 0 aromatic heterocycles. The zero-order valence-electron chi connectivity index (χ0n) is 18.1. The zero-order valence-corrected chi connectivity index (χ0v) is 18.1. The summed E-state index contributed by atoms with van der Waals surface area (Å²) in [6.45, 7) is 5.34. The van der Waals surface area contributed by atoms with Crippen molar-refractivity contribution in [2.75, 3.05) is 79.9 Å². The highest BCUT2D eigenvalue weighted by Crippen LogP contribution is 2.31. The first kappa shape index (κ1) is 23.3. The maximum absolute atomic E-state index is 13.5. The lowest BCUT2D eigenvalue weighted by Gasteiger charge is -2.28. The van der Waals surface area contributed by atoms with E-state index >= 15 is 0 Å². The fourth-order valence-corrected chi connectivity index (χ4v) is 3.74. The van der Waals surface area contributed by atoms with Gasteiger partial charge < -0.3 is 19.1 Å². The number of carbonyl (C=O) groups is 2. The van der Waals surface area contributed by atoms with Crippen LogP contribution in [0.3, 0.4) is 0 Å². The number of hydrogen-bond acceptors (Lipinski definition) is 7. The van der Waals surface area contributed by atoms with Gasteiger partial charge in [-0.05, 0) is 17.7 Å². The summed E-state index contributed by atoms with van der Waals surface area (Å²) < 4.78 is 29.3. The second kappa shape index (κ2) is 11.3. The van der Waals surface area contributed by atoms with Gasteiger partial charge in [-0.2, -0.15) is 0 Å². The van der Waals surface area contributed by atoms with Crippen molar-refractivity contribution in [2.24, 2.45) is 0 Å². The first-order valence-electron chi connectivity index (χ1n) is 10.5. The molecular formula is C22H30FN3O5. The van der Waals surface area contributed by atoms with E-state index in [1.54, 1.807) is 14.2 Å². The molecule has 1 fully saturated rings. The Morgan fingerprint density at radius 1 is 0.968 bits per heavy atom. The predicted molar refractivity (Wildman–Crippen MR) is 113 cm³/mol. The third kappa shape index (κ3) is 5.68. The van der Waals surface area contributed by atoms with Gasteiger partial charge in [-0.1, -0.05) is 12.1 Å². The Kier molecular flexibility index (Phi) is 8.53. The summed E-state index contributed by atoms with van der Waals surface area (Å²) in [7, 11) is 3.17. The van der Waals surface area contributed by atoms with Crippen LogP contribution in [0, 0.1) is 5.82 Å². The average molecular weight is 435 g/mol. The summed E-state index contributed by atoms with van der Waals surface area (Å²) in [5.41, 5.74) is 1.12. The van der Waals surface area contributed by atoms with E-state index in [0.29, 0.717) is 62.9 Å². The van der Waals surface area contributed by atoms with Crippen LogP contribution in [0.5, 0.6) is 0 Å². The van der Waals surface area contributed by atoms with Gasteiger partial charge in [0.25, 0.3) is 11.8 Å². The second-order valence-electron chi connectivity index (χ2n) is 7.42. The van der Waals surface area contributed by atoms with Crippen LogP contribution in [0.2, 0.25) is 0 Å². The molecule has 2 aliphatic heterocycles. The van der Waals surface area contributed by atoms with Crippen LogP contribution in [0.1, 0.15) is 5.56 Å². The van der Waals surface area contributed by atoms with Crippen molar-refractivity contribution in [3.05, 3.63) is 41.3 Å². The topological polar surface area (TPSA) is 71.6 Å². The number of nitrogens with zero attached hydrogens (tertiary/aromatic N) is 3. The molecule has 2 aliphatic rings. The summed E-state index contributed by atoms with van der Waals surface area (Å²) in [6, 6.07) is 5.66. The average Bonchev–Trinajstić information content (AvgIpc) is 3.03. The van der Waals surface area contributed by atoms with Crippen molar-refractivity contribution in [1.29, 1.82) is 0 Å². The molecule has 0 aliphatic carbocycles. The van der Waals surface area contributed by atoms with E-state index in [-0.39, 0.29) is 18.4 Å². The van der Waals surface area contributed by atoms with Crippen LogP contribution in [0.4, 0.5) is 4.39 Å². The number of carbonyl (C=O) groups excluding carboxylic acids is 2. The van der Waals surface area contributed by atoms with Gasteiger partial charge in [0.05, 0.1) is 32.0 Å². The summed E-state index contributed by atoms with van der Waals surface area (Å²) in [6.07, 6.45) is 0. The molecule has 9 heteroatoms. The summed E-state index contributed by atoms with van der Waals surface area (Å²) >= 11 is 0. The van der Waals surface area contributed by atoms with Crippen molar-refractivity contribution in [3.8, 4) is 0 Å². The van der Waals surface area contributed by atoms with Gasteiger partial charge in [0.2, 0.25) is 0 Å². The van der Waals surface area contributed by atoms with Gasteiger partial charge in [-0.25, -0.2) is 4.39 Å². The fourth-order valence-electron chi connectivity index (χ4n) is 3.74. The van der Waals surface area contributed by atoms with Crippen molar-refractivity contribution in [2.45, 2.75) is 0 Å². The number of halogens is 1. The van der Waals surface area contributed by atoms with E-state index in [0.717, 1.165) is 13.1 Å². The van der Waals surface area contributed by atoms with Gasteiger partial charge in [0, 0.05) is 53.5 Å². The highest BCUT2D eigenvalue weighted by molar-refractivity contribution is 6.35. The minimum absolute atomic E-state index is 0.286. The molecule has 0 radical (unpaired) electrons. The number of morpholine rings is 1. The molecule has 0 spiro atoms. The SMILES string of the molecule is COCCN(CCOC)C1=C(c2ccc(F)cc2)C(=O)N(CCN2CCOCC2)C1=O. The molecule has 1 aromatic carbocycles. The molecular weight excluding hydrogens is 405 g/mol. The van der Waals surface area contributed by atoms with Crippen molar-refractivity contribution >= 4 is 17.4 Å². The summed E-state index contributed by atoms with van der Waals surface area (Å²) in [5, 5.41) is 0. The predicted octanol–water partition coefficient (Wildman–Crippen LogP) is 0.833. The lowest BCUT2D eigenvalue weighted by atomic mass is 10.0. The van der Waals surface area contributed by atoms with Crippen molar-refractivity contribution < 1.29 is 28.2 Å². The molecule has 8 nitrogen and oxygen atoms in total. The number of methoxy groups -OCH3 is 2. The summed E-state index contributed by atoms with van der Waals surface area (Å²) in [5.74, 6) is -1.10. The molecule has 3 rings (SSSR count). The van der Waals surface area contributed by atoms with E-state index < -0.39 is 5.82 Å². The number of benzene rings is 1. The number of imide groups is 1. The van der Waals surface area contributed by atoms with E-state index in [2.05, 4.69) is 4.90 Å². The molecule has 0 N–H and O–H groups in total. The van der Waals surface area contributed by atoms with Crippen LogP contribution in [0.15, 0.2) is 30.0 Å². The van der Waals surface area contributed by atoms with Crippen LogP contribution in [-0.4, -0.2) is 106 Å². The number of ether oxygens (including phenoxy) is 3. The van der Waals surface area contributed by atoms with Crippen molar-refractivity contribution in [3.63, 3.8) is 0 Å². The molecule has 1 saturated heterocycles. The van der Waals surface area contributed by atoms with Gasteiger partial charge >= 0.3 is 0 Å². The molecule has 0 atom stereocenters. The second-order valence-corrected chi connectivity index (χ2v) is 7.42. The molecule has 170 valence electrons. The van der Waals surface area contributed by atoms with Crippen LogP contribution in [0.25, 0.3) is 5.57 Å². The number of amides is 2. The van der Waals surface area contributed by atoms with Crippen molar-refractivity contribution in [1.82, 2.24) is 14.7 Å². The zero-order chi connectivity index (χ0) is 22.2. The highest BCUT2D eigenvalue weighted by Gasteiger charge is 2.41. The molecule has 1 aromatic rings. The van der Waals surface area contributed by atoms with Gasteiger partial charge in [0.15, 0.2) is 0 Å². The fraction of sp³-hybridized carbons (Fsp3) is 0.545. The lowest BCUT2D eigenvalue weighted by Crippen LogP contribution is -2.44. The number of rotatable bonds is 11. The van der Waals surface area contributed by atoms with E-state index in [9.17, 15) is 14.0 Å². The van der Waals surface area contributed by atoms with E-state index in [1.165, 1.54) is 29.2 Å². The third-order valence-electron chi connectivity index (χ3n) is 5.47. The van der Waals surface area contributed by atoms with Crippen LogP contribution < -0.4 is 0 Å². The molecule has 2 heterocycles. The Morgan fingerprint density at radius 2 is 1.58 bits per heavy atom.